The fourth-order valence-corrected chi connectivity index (χ4v) is 2.48. The third-order valence-electron chi connectivity index (χ3n) is 1.42. The van der Waals surface area contributed by atoms with Gasteiger partial charge in [0.2, 0.25) is 0 Å². The van der Waals surface area contributed by atoms with Crippen molar-refractivity contribution in [3.63, 3.8) is 0 Å². The summed E-state index contributed by atoms with van der Waals surface area (Å²) in [6, 6.07) is 0.378. The number of esters is 1. The third-order valence-corrected chi connectivity index (χ3v) is 3.09. The smallest absolute Gasteiger partial charge is 0.322 e. The van der Waals surface area contributed by atoms with Gasteiger partial charge < -0.3 is 10.5 Å². The Morgan fingerprint density at radius 3 is 2.33 bits per heavy atom. The number of ether oxygens (including phenoxy) is 1. The Morgan fingerprint density at radius 1 is 1.50 bits per heavy atom. The molecule has 0 radical (unpaired) electrons. The molecular weight excluding hydrogens is 170 g/mol. The van der Waals surface area contributed by atoms with Crippen LogP contribution >= 0.6 is 0 Å². The standard InChI is InChI=1S/C8H19NO2Si/c1-5-11-8(10)7(9)6-12(2,3)4/h7H,5-6,9H2,1-4H3/t7-/m0/s1. The summed E-state index contributed by atoms with van der Waals surface area (Å²) in [5.74, 6) is -0.264. The molecule has 12 heavy (non-hydrogen) atoms. The van der Waals surface area contributed by atoms with Crippen LogP contribution in [-0.2, 0) is 9.53 Å². The highest BCUT2D eigenvalue weighted by Gasteiger charge is 2.23. The molecule has 72 valence electrons. The molecule has 0 rings (SSSR count). The van der Waals surface area contributed by atoms with Crippen molar-refractivity contribution in [2.45, 2.75) is 38.7 Å². The maximum atomic E-state index is 11.1. The van der Waals surface area contributed by atoms with E-state index in [1.165, 1.54) is 0 Å². The molecule has 0 fully saturated rings. The molecule has 1 atom stereocenters. The molecule has 0 aromatic rings. The molecule has 0 unspecified atom stereocenters. The van der Waals surface area contributed by atoms with Crippen molar-refractivity contribution in [3.05, 3.63) is 0 Å². The highest BCUT2D eigenvalue weighted by Crippen LogP contribution is 2.10. The average molecular weight is 189 g/mol. The third kappa shape index (κ3) is 5.32. The second-order valence-corrected chi connectivity index (χ2v) is 9.65. The SMILES string of the molecule is CCOC(=O)[C@@H](N)C[Si](C)(C)C. The van der Waals surface area contributed by atoms with Gasteiger partial charge in [-0.05, 0) is 13.0 Å². The topological polar surface area (TPSA) is 52.3 Å². The summed E-state index contributed by atoms with van der Waals surface area (Å²) in [7, 11) is -1.24. The minimum absolute atomic E-state index is 0.264. The highest BCUT2D eigenvalue weighted by atomic mass is 28.3. The summed E-state index contributed by atoms with van der Waals surface area (Å²) >= 11 is 0. The fraction of sp³-hybridized carbons (Fsp3) is 0.875. The summed E-state index contributed by atoms with van der Waals surface area (Å²) in [4.78, 5) is 11.1. The van der Waals surface area contributed by atoms with Crippen LogP contribution in [0.4, 0.5) is 0 Å². The van der Waals surface area contributed by atoms with Crippen molar-refractivity contribution in [1.29, 1.82) is 0 Å². The van der Waals surface area contributed by atoms with Crippen LogP contribution in [0.1, 0.15) is 6.92 Å². The number of carbonyl (C=O) groups excluding carboxylic acids is 1. The first-order valence-corrected chi connectivity index (χ1v) is 7.99. The molecule has 0 amide bonds. The highest BCUT2D eigenvalue weighted by molar-refractivity contribution is 6.76. The molecule has 0 spiro atoms. The lowest BCUT2D eigenvalue weighted by Crippen LogP contribution is -2.39. The van der Waals surface area contributed by atoms with Gasteiger partial charge in [0.25, 0.3) is 0 Å². The van der Waals surface area contributed by atoms with Crippen LogP contribution in [0.2, 0.25) is 25.7 Å². The molecular formula is C8H19NO2Si. The molecule has 0 aliphatic carbocycles. The number of hydrogen-bond donors (Lipinski definition) is 1. The summed E-state index contributed by atoms with van der Waals surface area (Å²) in [6.07, 6.45) is 0. The molecule has 4 heteroatoms. The van der Waals surface area contributed by atoms with Crippen LogP contribution in [0.25, 0.3) is 0 Å². The van der Waals surface area contributed by atoms with Gasteiger partial charge in [-0.15, -0.1) is 0 Å². The van der Waals surface area contributed by atoms with E-state index in [0.717, 1.165) is 6.04 Å². The lowest BCUT2D eigenvalue weighted by Gasteiger charge is -2.19. The molecule has 0 aliphatic heterocycles. The van der Waals surface area contributed by atoms with E-state index in [1.807, 2.05) is 0 Å². The van der Waals surface area contributed by atoms with E-state index in [-0.39, 0.29) is 5.97 Å². The first-order valence-electron chi connectivity index (χ1n) is 4.29. The Bertz CT molecular complexity index is 154. The number of carbonyl (C=O) groups is 1. The van der Waals surface area contributed by atoms with Gasteiger partial charge in [0.1, 0.15) is 6.04 Å². The first-order chi connectivity index (χ1) is 5.37. The van der Waals surface area contributed by atoms with Gasteiger partial charge in [0.05, 0.1) is 6.61 Å². The molecule has 0 bridgehead atoms. The normalized spacial score (nSPS) is 14.1. The fourth-order valence-electron chi connectivity index (χ4n) is 0.992. The van der Waals surface area contributed by atoms with Gasteiger partial charge in [-0.2, -0.15) is 0 Å². The Labute approximate surface area is 75.3 Å². The molecule has 0 aromatic heterocycles. The summed E-state index contributed by atoms with van der Waals surface area (Å²) in [5.41, 5.74) is 5.65. The Balaban J connectivity index is 3.87. The van der Waals surface area contributed by atoms with Gasteiger partial charge in [-0.1, -0.05) is 19.6 Å². The van der Waals surface area contributed by atoms with Crippen molar-refractivity contribution >= 4 is 14.0 Å². The van der Waals surface area contributed by atoms with Crippen molar-refractivity contribution in [3.8, 4) is 0 Å². The van der Waals surface area contributed by atoms with Gasteiger partial charge in [0.15, 0.2) is 0 Å². The summed E-state index contributed by atoms with van der Waals surface area (Å²) < 4.78 is 4.81. The van der Waals surface area contributed by atoms with Crippen LogP contribution in [0.15, 0.2) is 0 Å². The van der Waals surface area contributed by atoms with E-state index in [2.05, 4.69) is 19.6 Å². The van der Waals surface area contributed by atoms with Crippen LogP contribution in [0, 0.1) is 0 Å². The zero-order valence-electron chi connectivity index (χ0n) is 8.39. The summed E-state index contributed by atoms with van der Waals surface area (Å²) in [6.45, 7) is 8.77. The number of hydrogen-bond acceptors (Lipinski definition) is 3. The van der Waals surface area contributed by atoms with Crippen LogP contribution in [0.3, 0.4) is 0 Å². The molecule has 0 saturated heterocycles. The van der Waals surface area contributed by atoms with E-state index in [1.54, 1.807) is 6.92 Å². The summed E-state index contributed by atoms with van der Waals surface area (Å²) in [5, 5.41) is 0. The maximum absolute atomic E-state index is 11.1. The van der Waals surface area contributed by atoms with Gasteiger partial charge in [0, 0.05) is 8.07 Å². The van der Waals surface area contributed by atoms with E-state index in [4.69, 9.17) is 10.5 Å². The first kappa shape index (κ1) is 11.6. The van der Waals surface area contributed by atoms with Crippen molar-refractivity contribution < 1.29 is 9.53 Å². The minimum atomic E-state index is -1.24. The van der Waals surface area contributed by atoms with Crippen molar-refractivity contribution in [1.82, 2.24) is 0 Å². The largest absolute Gasteiger partial charge is 0.465 e. The van der Waals surface area contributed by atoms with E-state index < -0.39 is 14.1 Å². The van der Waals surface area contributed by atoms with E-state index >= 15 is 0 Å². The van der Waals surface area contributed by atoms with Crippen LogP contribution in [-0.4, -0.2) is 26.7 Å². The molecule has 0 aliphatic rings. The zero-order chi connectivity index (χ0) is 9.78. The second-order valence-electron chi connectivity index (χ2n) is 4.12. The van der Waals surface area contributed by atoms with E-state index in [9.17, 15) is 4.79 Å². The molecule has 3 nitrogen and oxygen atoms in total. The van der Waals surface area contributed by atoms with Crippen molar-refractivity contribution in [2.24, 2.45) is 5.73 Å². The molecule has 0 saturated carbocycles. The Hall–Kier alpha value is -0.353. The zero-order valence-corrected chi connectivity index (χ0v) is 9.39. The molecule has 0 aromatic carbocycles. The van der Waals surface area contributed by atoms with E-state index in [0.29, 0.717) is 6.61 Å². The Kier molecular flexibility index (Phi) is 4.48. The number of nitrogens with two attached hydrogens (primary N) is 1. The predicted molar refractivity (Wildman–Crippen MR) is 52.8 cm³/mol. The quantitative estimate of drug-likeness (QED) is 0.534. The van der Waals surface area contributed by atoms with Gasteiger partial charge in [-0.3, -0.25) is 4.79 Å². The predicted octanol–water partition coefficient (Wildman–Crippen LogP) is 1.21. The molecule has 2 N–H and O–H groups in total. The lowest BCUT2D eigenvalue weighted by molar-refractivity contribution is -0.144. The maximum Gasteiger partial charge on any atom is 0.322 e. The van der Waals surface area contributed by atoms with Crippen LogP contribution in [0.5, 0.6) is 0 Å². The lowest BCUT2D eigenvalue weighted by atomic mass is 10.4. The Morgan fingerprint density at radius 2 is 2.00 bits per heavy atom. The van der Waals surface area contributed by atoms with Gasteiger partial charge >= 0.3 is 5.97 Å². The minimum Gasteiger partial charge on any atom is -0.465 e. The molecule has 0 heterocycles. The monoisotopic (exact) mass is 189 g/mol. The second kappa shape index (κ2) is 4.62. The number of rotatable bonds is 4. The average Bonchev–Trinajstić information content (AvgIpc) is 1.84. The van der Waals surface area contributed by atoms with Crippen molar-refractivity contribution in [2.75, 3.05) is 6.61 Å². The van der Waals surface area contributed by atoms with Crippen LogP contribution < -0.4 is 5.73 Å². The van der Waals surface area contributed by atoms with Gasteiger partial charge in [-0.25, -0.2) is 0 Å².